The van der Waals surface area contributed by atoms with Crippen LogP contribution < -0.4 is 5.32 Å². The molecule has 0 amide bonds. The van der Waals surface area contributed by atoms with E-state index in [1.807, 2.05) is 26.0 Å². The van der Waals surface area contributed by atoms with Gasteiger partial charge in [0.05, 0.1) is 13.2 Å². The Hall–Kier alpha value is -0.160. The molecule has 0 heterocycles. The van der Waals surface area contributed by atoms with Crippen molar-refractivity contribution in [3.63, 3.8) is 0 Å². The third-order valence-electron chi connectivity index (χ3n) is 0.963. The fourth-order valence-corrected chi connectivity index (χ4v) is 0.453. The largest absolute Gasteiger partial charge is 0.395 e. The summed E-state index contributed by atoms with van der Waals surface area (Å²) in [6, 6.07) is 0. The van der Waals surface area contributed by atoms with Gasteiger partial charge in [-0.15, -0.1) is 0 Å². The first-order valence-corrected chi connectivity index (χ1v) is 3.71. The average molecular weight is 164 g/mol. The Kier molecular flexibility index (Phi) is 15.3. The summed E-state index contributed by atoms with van der Waals surface area (Å²) in [6.07, 6.45) is 0. The molecule has 0 aromatic carbocycles. The highest BCUT2D eigenvalue weighted by Gasteiger charge is 1.91. The van der Waals surface area contributed by atoms with Gasteiger partial charge in [0.15, 0.2) is 0 Å². The normalized spacial score (nSPS) is 9.27. The van der Waals surface area contributed by atoms with E-state index in [0.717, 1.165) is 0 Å². The minimum Gasteiger partial charge on any atom is -0.395 e. The highest BCUT2D eigenvalue weighted by atomic mass is 16.3. The molecule has 0 aliphatic rings. The maximum Gasteiger partial charge on any atom is 0.0558 e. The van der Waals surface area contributed by atoms with Gasteiger partial charge in [-0.05, 0) is 21.1 Å². The van der Waals surface area contributed by atoms with E-state index in [2.05, 4.69) is 5.32 Å². The lowest BCUT2D eigenvalue weighted by atomic mass is 10.5. The van der Waals surface area contributed by atoms with Crippen LogP contribution in [0.4, 0.5) is 0 Å². The molecule has 0 saturated carbocycles. The molecule has 0 rings (SSSR count). The third kappa shape index (κ3) is 17.7. The number of nitrogens with one attached hydrogen (secondary N) is 1. The lowest BCUT2D eigenvalue weighted by Crippen LogP contribution is -2.25. The second-order valence-corrected chi connectivity index (χ2v) is 2.25. The fraction of sp³-hybridized carbons (Fsp3) is 1.00. The summed E-state index contributed by atoms with van der Waals surface area (Å²) in [4.78, 5) is 1.86. The van der Waals surface area contributed by atoms with Gasteiger partial charge in [-0.1, -0.05) is 0 Å². The minimum absolute atomic E-state index is 0.163. The van der Waals surface area contributed by atoms with Crippen LogP contribution in [-0.2, 0) is 0 Å². The molecule has 11 heavy (non-hydrogen) atoms. The quantitative estimate of drug-likeness (QED) is 0.485. The molecule has 0 spiro atoms. The summed E-state index contributed by atoms with van der Waals surface area (Å²) in [5.74, 6) is 0. The van der Waals surface area contributed by atoms with Gasteiger partial charge >= 0.3 is 0 Å². The zero-order valence-electron chi connectivity index (χ0n) is 7.67. The number of likely N-dealkylation sites (N-methyl/N-ethyl adjacent to an activating group) is 1. The van der Waals surface area contributed by atoms with Crippen LogP contribution >= 0.6 is 0 Å². The molecule has 0 atom stereocenters. The minimum atomic E-state index is 0.163. The number of hydrogen-bond donors (Lipinski definition) is 3. The van der Waals surface area contributed by atoms with Gasteiger partial charge in [-0.3, -0.25) is 0 Å². The molecular weight excluding hydrogens is 144 g/mol. The van der Waals surface area contributed by atoms with Crippen molar-refractivity contribution in [1.29, 1.82) is 0 Å². The van der Waals surface area contributed by atoms with Crippen molar-refractivity contribution in [2.45, 2.75) is 0 Å². The molecule has 0 aliphatic heterocycles. The predicted molar refractivity (Wildman–Crippen MR) is 46.7 cm³/mol. The average Bonchev–Trinajstić information content (AvgIpc) is 1.90. The number of rotatable bonds is 4. The summed E-state index contributed by atoms with van der Waals surface area (Å²) >= 11 is 0. The predicted octanol–water partition coefficient (Wildman–Crippen LogP) is -1.26. The highest BCUT2D eigenvalue weighted by molar-refractivity contribution is 4.45. The van der Waals surface area contributed by atoms with E-state index in [1.54, 1.807) is 0 Å². The summed E-state index contributed by atoms with van der Waals surface area (Å²) in [5, 5.41) is 19.4. The zero-order valence-corrected chi connectivity index (χ0v) is 7.67. The van der Waals surface area contributed by atoms with Crippen LogP contribution in [0.5, 0.6) is 0 Å². The zero-order chi connectivity index (χ0) is 9.11. The van der Waals surface area contributed by atoms with Gasteiger partial charge in [0.1, 0.15) is 0 Å². The number of aliphatic hydroxyl groups excluding tert-OH is 2. The van der Waals surface area contributed by atoms with Crippen molar-refractivity contribution in [3.05, 3.63) is 0 Å². The first-order valence-electron chi connectivity index (χ1n) is 3.71. The first-order chi connectivity index (χ1) is 5.22. The number of aliphatic hydroxyl groups is 2. The molecule has 0 radical (unpaired) electrons. The molecular formula is C7H20N2O2. The Bertz CT molecular complexity index is 56.4. The highest BCUT2D eigenvalue weighted by Crippen LogP contribution is 1.76. The summed E-state index contributed by atoms with van der Waals surface area (Å²) < 4.78 is 0. The van der Waals surface area contributed by atoms with Crippen molar-refractivity contribution < 1.29 is 10.2 Å². The van der Waals surface area contributed by atoms with Crippen LogP contribution in [0.15, 0.2) is 0 Å². The van der Waals surface area contributed by atoms with Crippen LogP contribution in [0.1, 0.15) is 0 Å². The number of hydrogen-bond acceptors (Lipinski definition) is 4. The monoisotopic (exact) mass is 164 g/mol. The van der Waals surface area contributed by atoms with Gasteiger partial charge < -0.3 is 20.4 Å². The van der Waals surface area contributed by atoms with Crippen LogP contribution in [0.2, 0.25) is 0 Å². The van der Waals surface area contributed by atoms with Crippen LogP contribution in [-0.4, -0.2) is 62.6 Å². The molecule has 0 bridgehead atoms. The molecule has 70 valence electrons. The second-order valence-electron chi connectivity index (χ2n) is 2.25. The Balaban J connectivity index is 0. The lowest BCUT2D eigenvalue weighted by Gasteiger charge is -2.11. The first kappa shape index (κ1) is 13.4. The van der Waals surface area contributed by atoms with E-state index < -0.39 is 0 Å². The Morgan fingerprint density at radius 3 is 1.55 bits per heavy atom. The smallest absolute Gasteiger partial charge is 0.0558 e. The van der Waals surface area contributed by atoms with Crippen molar-refractivity contribution in [2.24, 2.45) is 0 Å². The van der Waals surface area contributed by atoms with Gasteiger partial charge in [0.2, 0.25) is 0 Å². The van der Waals surface area contributed by atoms with E-state index >= 15 is 0 Å². The SMILES string of the molecule is CN(CCO)CCO.CNC. The van der Waals surface area contributed by atoms with Gasteiger partial charge in [0, 0.05) is 13.1 Å². The van der Waals surface area contributed by atoms with E-state index in [1.165, 1.54) is 0 Å². The Morgan fingerprint density at radius 2 is 1.36 bits per heavy atom. The third-order valence-corrected chi connectivity index (χ3v) is 0.963. The van der Waals surface area contributed by atoms with E-state index in [0.29, 0.717) is 13.1 Å². The molecule has 0 fully saturated rings. The summed E-state index contributed by atoms with van der Waals surface area (Å²) in [5.41, 5.74) is 0. The van der Waals surface area contributed by atoms with E-state index in [4.69, 9.17) is 10.2 Å². The summed E-state index contributed by atoms with van der Waals surface area (Å²) in [6.45, 7) is 1.61. The van der Waals surface area contributed by atoms with E-state index in [9.17, 15) is 0 Å². The van der Waals surface area contributed by atoms with Crippen molar-refractivity contribution in [3.8, 4) is 0 Å². The summed E-state index contributed by atoms with van der Waals surface area (Å²) in [7, 11) is 5.60. The van der Waals surface area contributed by atoms with Crippen molar-refractivity contribution in [1.82, 2.24) is 10.2 Å². The van der Waals surface area contributed by atoms with Crippen molar-refractivity contribution in [2.75, 3.05) is 47.4 Å². The maximum absolute atomic E-state index is 8.34. The van der Waals surface area contributed by atoms with Crippen LogP contribution in [0, 0.1) is 0 Å². The molecule has 0 saturated heterocycles. The molecule has 0 aromatic heterocycles. The topological polar surface area (TPSA) is 55.7 Å². The van der Waals surface area contributed by atoms with Gasteiger partial charge in [-0.2, -0.15) is 0 Å². The van der Waals surface area contributed by atoms with Gasteiger partial charge in [-0.25, -0.2) is 0 Å². The molecule has 3 N–H and O–H groups in total. The Morgan fingerprint density at radius 1 is 1.09 bits per heavy atom. The lowest BCUT2D eigenvalue weighted by molar-refractivity contribution is 0.184. The van der Waals surface area contributed by atoms with Gasteiger partial charge in [0.25, 0.3) is 0 Å². The van der Waals surface area contributed by atoms with Crippen LogP contribution in [0.3, 0.4) is 0 Å². The maximum atomic E-state index is 8.34. The molecule has 0 unspecified atom stereocenters. The fourth-order valence-electron chi connectivity index (χ4n) is 0.453. The molecule has 4 nitrogen and oxygen atoms in total. The van der Waals surface area contributed by atoms with E-state index in [-0.39, 0.29) is 13.2 Å². The molecule has 0 aromatic rings. The number of nitrogens with zero attached hydrogens (tertiary/aromatic N) is 1. The molecule has 4 heteroatoms. The standard InChI is InChI=1S/C5H13NO2.C2H7N/c1-6(2-4-7)3-5-8;1-3-2/h7-8H,2-5H2,1H3;3H,1-2H3. The Labute approximate surface area is 68.8 Å². The van der Waals surface area contributed by atoms with Crippen LogP contribution in [0.25, 0.3) is 0 Å². The van der Waals surface area contributed by atoms with Crippen molar-refractivity contribution >= 4 is 0 Å². The second kappa shape index (κ2) is 12.5. The molecule has 0 aliphatic carbocycles.